The van der Waals surface area contributed by atoms with Crippen molar-refractivity contribution in [3.63, 3.8) is 0 Å². The molecule has 1 saturated heterocycles. The lowest BCUT2D eigenvalue weighted by Gasteiger charge is -2.28. The maximum absolute atomic E-state index is 13.3. The number of hydrogen-bond acceptors (Lipinski definition) is 7. The second kappa shape index (κ2) is 13.0. The third-order valence-corrected chi connectivity index (χ3v) is 6.11. The first-order valence-corrected chi connectivity index (χ1v) is 13.4. The third-order valence-electron chi connectivity index (χ3n) is 6.11. The van der Waals surface area contributed by atoms with Crippen molar-refractivity contribution in [3.05, 3.63) is 65.7 Å². The molecule has 0 bridgehead atoms. The summed E-state index contributed by atoms with van der Waals surface area (Å²) in [6.07, 6.45) is 0.715. The van der Waals surface area contributed by atoms with E-state index in [-0.39, 0.29) is 31.2 Å². The number of benzene rings is 2. The fraction of sp³-hybridized carbons (Fsp3) is 0.516. The predicted molar refractivity (Wildman–Crippen MR) is 147 cm³/mol. The maximum Gasteiger partial charge on any atom is 0.410 e. The van der Waals surface area contributed by atoms with Gasteiger partial charge in [0, 0.05) is 13.1 Å². The Balaban J connectivity index is 1.64. The zero-order valence-electron chi connectivity index (χ0n) is 23.9. The molecule has 8 nitrogen and oxygen atoms in total. The van der Waals surface area contributed by atoms with Crippen molar-refractivity contribution < 1.29 is 33.3 Å². The molecule has 0 aliphatic carbocycles. The molecule has 39 heavy (non-hydrogen) atoms. The van der Waals surface area contributed by atoms with Crippen LogP contribution in [0.5, 0.6) is 5.75 Å². The molecule has 0 radical (unpaired) electrons. The lowest BCUT2D eigenvalue weighted by molar-refractivity contribution is -0.162. The van der Waals surface area contributed by atoms with Gasteiger partial charge in [0.1, 0.15) is 23.6 Å². The van der Waals surface area contributed by atoms with Gasteiger partial charge in [0.2, 0.25) is 0 Å². The average molecular weight is 540 g/mol. The fourth-order valence-electron chi connectivity index (χ4n) is 4.37. The van der Waals surface area contributed by atoms with Crippen LogP contribution in [-0.4, -0.2) is 53.8 Å². The summed E-state index contributed by atoms with van der Waals surface area (Å²) < 4.78 is 22.3. The molecule has 1 aliphatic rings. The Kier molecular flexibility index (Phi) is 10.0. The van der Waals surface area contributed by atoms with Crippen LogP contribution in [0.1, 0.15) is 59.1 Å². The maximum atomic E-state index is 13.3. The molecule has 0 unspecified atom stereocenters. The molecule has 0 N–H and O–H groups in total. The number of carbonyl (C=O) groups excluding carboxylic acids is 3. The normalized spacial score (nSPS) is 16.4. The number of ether oxygens (including phenoxy) is 4. The molecule has 0 spiro atoms. The van der Waals surface area contributed by atoms with E-state index in [1.807, 2.05) is 90.1 Å². The molecule has 2 aromatic rings. The first-order chi connectivity index (χ1) is 18.3. The zero-order valence-corrected chi connectivity index (χ0v) is 23.9. The van der Waals surface area contributed by atoms with Gasteiger partial charge in [0.15, 0.2) is 6.61 Å². The van der Waals surface area contributed by atoms with Crippen LogP contribution in [0, 0.1) is 11.8 Å². The second-order valence-electron chi connectivity index (χ2n) is 11.9. The van der Waals surface area contributed by atoms with Crippen LogP contribution in [0.3, 0.4) is 0 Å². The van der Waals surface area contributed by atoms with Crippen molar-refractivity contribution in [2.75, 3.05) is 19.7 Å². The van der Waals surface area contributed by atoms with Gasteiger partial charge in [-0.3, -0.25) is 4.79 Å². The molecule has 2 atom stereocenters. The fourth-order valence-corrected chi connectivity index (χ4v) is 4.37. The number of amides is 1. The van der Waals surface area contributed by atoms with Gasteiger partial charge in [-0.15, -0.1) is 0 Å². The van der Waals surface area contributed by atoms with Gasteiger partial charge >= 0.3 is 18.0 Å². The van der Waals surface area contributed by atoms with E-state index in [1.165, 1.54) is 0 Å². The summed E-state index contributed by atoms with van der Waals surface area (Å²) in [7, 11) is 0. The summed E-state index contributed by atoms with van der Waals surface area (Å²) >= 11 is 0. The Bertz CT molecular complexity index is 1120. The van der Waals surface area contributed by atoms with Crippen molar-refractivity contribution in [2.45, 2.75) is 72.2 Å². The van der Waals surface area contributed by atoms with Gasteiger partial charge in [-0.1, -0.05) is 42.5 Å². The lowest BCUT2D eigenvalue weighted by atomic mass is 9.86. The molecule has 1 aliphatic heterocycles. The summed E-state index contributed by atoms with van der Waals surface area (Å²) in [5, 5.41) is 0. The predicted octanol–water partition coefficient (Wildman–Crippen LogP) is 5.57. The number of hydrogen-bond donors (Lipinski definition) is 0. The van der Waals surface area contributed by atoms with Gasteiger partial charge in [-0.05, 0) is 83.6 Å². The van der Waals surface area contributed by atoms with Crippen LogP contribution < -0.4 is 4.74 Å². The van der Waals surface area contributed by atoms with E-state index in [4.69, 9.17) is 18.9 Å². The van der Waals surface area contributed by atoms with Crippen LogP contribution >= 0.6 is 0 Å². The highest BCUT2D eigenvalue weighted by molar-refractivity contribution is 5.74. The number of rotatable bonds is 9. The van der Waals surface area contributed by atoms with Gasteiger partial charge in [0.25, 0.3) is 0 Å². The summed E-state index contributed by atoms with van der Waals surface area (Å²) in [5.74, 6) is -0.792. The Labute approximate surface area is 231 Å². The highest BCUT2D eigenvalue weighted by Crippen LogP contribution is 2.31. The number of esters is 2. The number of likely N-dealkylation sites (tertiary alicyclic amines) is 1. The molecule has 0 saturated carbocycles. The van der Waals surface area contributed by atoms with Crippen molar-refractivity contribution in [2.24, 2.45) is 11.8 Å². The summed E-state index contributed by atoms with van der Waals surface area (Å²) in [6, 6.07) is 16.8. The van der Waals surface area contributed by atoms with Gasteiger partial charge in [0.05, 0.1) is 5.92 Å². The highest BCUT2D eigenvalue weighted by Gasteiger charge is 2.39. The van der Waals surface area contributed by atoms with Gasteiger partial charge in [-0.2, -0.15) is 0 Å². The smallest absolute Gasteiger partial charge is 0.410 e. The Hall–Kier alpha value is -3.55. The lowest BCUT2D eigenvalue weighted by Crippen LogP contribution is -2.38. The first-order valence-electron chi connectivity index (χ1n) is 13.4. The third kappa shape index (κ3) is 10.3. The minimum Gasteiger partial charge on any atom is -0.482 e. The number of nitrogens with zero attached hydrogens (tertiary/aromatic N) is 1. The van der Waals surface area contributed by atoms with Crippen LogP contribution in [0.4, 0.5) is 4.79 Å². The van der Waals surface area contributed by atoms with Crippen LogP contribution in [0.2, 0.25) is 0 Å². The largest absolute Gasteiger partial charge is 0.482 e. The first kappa shape index (κ1) is 30.0. The van der Waals surface area contributed by atoms with E-state index in [0.717, 1.165) is 11.1 Å². The minimum atomic E-state index is -0.635. The molecule has 2 aromatic carbocycles. The summed E-state index contributed by atoms with van der Waals surface area (Å²) in [6.45, 7) is 11.9. The van der Waals surface area contributed by atoms with Crippen molar-refractivity contribution in [3.8, 4) is 5.75 Å². The SMILES string of the molecule is CC(C)(C)OC(=O)[C@@H](Cc1cccc(OCC(=O)OCc2ccccc2)c1)[C@H]1CCN(C(=O)OC(C)(C)C)C1. The summed E-state index contributed by atoms with van der Waals surface area (Å²) in [4.78, 5) is 39.7. The molecule has 1 amide bonds. The highest BCUT2D eigenvalue weighted by atomic mass is 16.6. The van der Waals surface area contributed by atoms with Crippen molar-refractivity contribution >= 4 is 18.0 Å². The van der Waals surface area contributed by atoms with E-state index in [2.05, 4.69) is 0 Å². The van der Waals surface area contributed by atoms with E-state index >= 15 is 0 Å². The Morgan fingerprint density at radius 3 is 2.23 bits per heavy atom. The molecule has 1 heterocycles. The minimum absolute atomic E-state index is 0.0788. The van der Waals surface area contributed by atoms with Crippen LogP contribution in [0.25, 0.3) is 0 Å². The standard InChI is InChI=1S/C31H41NO7/c1-30(2,3)38-28(34)26(24-15-16-32(19-24)29(35)39-31(4,5)6)18-23-13-10-14-25(17-23)36-21-27(33)37-20-22-11-8-7-9-12-22/h7-14,17,24,26H,15-16,18-21H2,1-6H3/t24-,26-/m0/s1. The molecule has 8 heteroatoms. The molecular weight excluding hydrogens is 498 g/mol. The van der Waals surface area contributed by atoms with E-state index in [0.29, 0.717) is 31.7 Å². The molecular formula is C31H41NO7. The van der Waals surface area contributed by atoms with Crippen molar-refractivity contribution in [1.29, 1.82) is 0 Å². The Morgan fingerprint density at radius 1 is 0.897 bits per heavy atom. The number of carbonyl (C=O) groups is 3. The van der Waals surface area contributed by atoms with Gasteiger partial charge in [-0.25, -0.2) is 9.59 Å². The second-order valence-corrected chi connectivity index (χ2v) is 11.9. The van der Waals surface area contributed by atoms with E-state index in [1.54, 1.807) is 11.0 Å². The zero-order chi connectivity index (χ0) is 28.6. The average Bonchev–Trinajstić information content (AvgIpc) is 3.34. The molecule has 212 valence electrons. The molecule has 0 aromatic heterocycles. The van der Waals surface area contributed by atoms with Crippen LogP contribution in [0.15, 0.2) is 54.6 Å². The molecule has 3 rings (SSSR count). The van der Waals surface area contributed by atoms with Crippen molar-refractivity contribution in [1.82, 2.24) is 4.90 Å². The monoisotopic (exact) mass is 539 g/mol. The van der Waals surface area contributed by atoms with E-state index in [9.17, 15) is 14.4 Å². The van der Waals surface area contributed by atoms with Gasteiger partial charge < -0.3 is 23.8 Å². The molecule has 1 fully saturated rings. The quantitative estimate of drug-likeness (QED) is 0.304. The van der Waals surface area contributed by atoms with E-state index < -0.39 is 23.1 Å². The topological polar surface area (TPSA) is 91.4 Å². The summed E-state index contributed by atoms with van der Waals surface area (Å²) in [5.41, 5.74) is 0.549. The van der Waals surface area contributed by atoms with Crippen LogP contribution in [-0.2, 0) is 36.8 Å². The Morgan fingerprint density at radius 2 is 1.56 bits per heavy atom.